The maximum absolute atomic E-state index is 12.8. The summed E-state index contributed by atoms with van der Waals surface area (Å²) in [5.41, 5.74) is 1.56. The summed E-state index contributed by atoms with van der Waals surface area (Å²) < 4.78 is 0. The van der Waals surface area contributed by atoms with Gasteiger partial charge >= 0.3 is 0 Å². The lowest BCUT2D eigenvalue weighted by molar-refractivity contribution is 0.0779. The number of amides is 1. The van der Waals surface area contributed by atoms with E-state index in [-0.39, 0.29) is 5.91 Å². The van der Waals surface area contributed by atoms with E-state index in [9.17, 15) is 4.79 Å². The van der Waals surface area contributed by atoms with Crippen LogP contribution < -0.4 is 4.90 Å². The Morgan fingerprint density at radius 2 is 1.68 bits per heavy atom. The zero-order valence-corrected chi connectivity index (χ0v) is 15.7. The van der Waals surface area contributed by atoms with Crippen molar-refractivity contribution >= 4 is 11.7 Å². The van der Waals surface area contributed by atoms with E-state index in [0.29, 0.717) is 18.1 Å². The van der Waals surface area contributed by atoms with Gasteiger partial charge in [-0.15, -0.1) is 0 Å². The van der Waals surface area contributed by atoms with Crippen LogP contribution in [0.1, 0.15) is 48.6 Å². The molecular formula is C20H28N4O. The lowest BCUT2D eigenvalue weighted by Crippen LogP contribution is -2.29. The van der Waals surface area contributed by atoms with Crippen LogP contribution in [0.15, 0.2) is 36.4 Å². The number of benzene rings is 1. The summed E-state index contributed by atoms with van der Waals surface area (Å²) in [4.78, 5) is 25.6. The molecule has 0 atom stereocenters. The Labute approximate surface area is 150 Å². The van der Waals surface area contributed by atoms with Gasteiger partial charge in [0.25, 0.3) is 5.91 Å². The van der Waals surface area contributed by atoms with E-state index < -0.39 is 0 Å². The molecule has 5 heteroatoms. The molecule has 0 saturated carbocycles. The molecule has 0 N–H and O–H groups in total. The van der Waals surface area contributed by atoms with Crippen molar-refractivity contribution in [2.75, 3.05) is 25.0 Å². The van der Waals surface area contributed by atoms with Gasteiger partial charge in [0.1, 0.15) is 17.3 Å². The second-order valence-electron chi connectivity index (χ2n) is 6.29. The molecular weight excluding hydrogens is 312 g/mol. The molecule has 0 unspecified atom stereocenters. The van der Waals surface area contributed by atoms with Gasteiger partial charge in [0.2, 0.25) is 0 Å². The third-order valence-corrected chi connectivity index (χ3v) is 3.96. The second-order valence-corrected chi connectivity index (χ2v) is 6.29. The SMILES string of the molecule is CCCN(CCC)c1cc(C(=O)N(C)Cc2ccccc2)nc(C)n1. The van der Waals surface area contributed by atoms with Crippen molar-refractivity contribution in [3.8, 4) is 0 Å². The maximum Gasteiger partial charge on any atom is 0.272 e. The number of hydrogen-bond acceptors (Lipinski definition) is 4. The average molecular weight is 340 g/mol. The van der Waals surface area contributed by atoms with E-state index in [1.165, 1.54) is 0 Å². The van der Waals surface area contributed by atoms with Gasteiger partial charge in [-0.25, -0.2) is 9.97 Å². The first-order valence-corrected chi connectivity index (χ1v) is 8.95. The molecule has 0 radical (unpaired) electrons. The summed E-state index contributed by atoms with van der Waals surface area (Å²) in [7, 11) is 1.81. The Kier molecular flexibility index (Phi) is 6.92. The molecule has 0 saturated heterocycles. The highest BCUT2D eigenvalue weighted by atomic mass is 16.2. The molecule has 1 amide bonds. The van der Waals surface area contributed by atoms with Crippen molar-refractivity contribution in [1.29, 1.82) is 0 Å². The average Bonchev–Trinajstić information content (AvgIpc) is 2.61. The van der Waals surface area contributed by atoms with Gasteiger partial charge in [-0.05, 0) is 25.3 Å². The molecule has 25 heavy (non-hydrogen) atoms. The van der Waals surface area contributed by atoms with Crippen LogP contribution in [0.25, 0.3) is 0 Å². The first-order chi connectivity index (χ1) is 12.0. The van der Waals surface area contributed by atoms with Gasteiger partial charge in [-0.2, -0.15) is 0 Å². The van der Waals surface area contributed by atoms with Crippen LogP contribution in [0.2, 0.25) is 0 Å². The number of carbonyl (C=O) groups is 1. The van der Waals surface area contributed by atoms with Crippen LogP contribution >= 0.6 is 0 Å². The Morgan fingerprint density at radius 1 is 1.04 bits per heavy atom. The molecule has 134 valence electrons. The smallest absolute Gasteiger partial charge is 0.272 e. The topological polar surface area (TPSA) is 49.3 Å². The summed E-state index contributed by atoms with van der Waals surface area (Å²) >= 11 is 0. The minimum absolute atomic E-state index is 0.0800. The number of aromatic nitrogens is 2. The maximum atomic E-state index is 12.8. The predicted octanol–water partition coefficient (Wildman–Crippen LogP) is 3.68. The van der Waals surface area contributed by atoms with Crippen molar-refractivity contribution in [2.45, 2.75) is 40.2 Å². The number of nitrogens with zero attached hydrogens (tertiary/aromatic N) is 4. The van der Waals surface area contributed by atoms with Crippen molar-refractivity contribution in [3.63, 3.8) is 0 Å². The Morgan fingerprint density at radius 3 is 2.28 bits per heavy atom. The van der Waals surface area contributed by atoms with Gasteiger partial charge in [-0.1, -0.05) is 44.2 Å². The second kappa shape index (κ2) is 9.16. The lowest BCUT2D eigenvalue weighted by Gasteiger charge is -2.24. The first-order valence-electron chi connectivity index (χ1n) is 8.95. The minimum atomic E-state index is -0.0800. The van der Waals surface area contributed by atoms with Gasteiger partial charge < -0.3 is 9.80 Å². The summed E-state index contributed by atoms with van der Waals surface area (Å²) in [5.74, 6) is 1.39. The fourth-order valence-corrected chi connectivity index (χ4v) is 2.83. The third-order valence-electron chi connectivity index (χ3n) is 3.96. The van der Waals surface area contributed by atoms with Crippen molar-refractivity contribution in [1.82, 2.24) is 14.9 Å². The highest BCUT2D eigenvalue weighted by Gasteiger charge is 2.17. The first kappa shape index (κ1) is 18.9. The lowest BCUT2D eigenvalue weighted by atomic mass is 10.2. The summed E-state index contributed by atoms with van der Waals surface area (Å²) in [6.07, 6.45) is 2.08. The van der Waals surface area contributed by atoms with Gasteiger partial charge in [0.15, 0.2) is 0 Å². The van der Waals surface area contributed by atoms with Crippen molar-refractivity contribution < 1.29 is 4.79 Å². The van der Waals surface area contributed by atoms with Gasteiger partial charge in [0, 0.05) is 32.7 Å². The summed E-state index contributed by atoms with van der Waals surface area (Å²) in [6.45, 7) is 8.56. The molecule has 0 bridgehead atoms. The standard InChI is InChI=1S/C20H28N4O/c1-5-12-24(13-6-2)19-14-18(21-16(3)22-19)20(25)23(4)15-17-10-8-7-9-11-17/h7-11,14H,5-6,12-13,15H2,1-4H3. The summed E-state index contributed by atoms with van der Waals surface area (Å²) in [5, 5.41) is 0. The van der Waals surface area contributed by atoms with E-state index in [4.69, 9.17) is 0 Å². The molecule has 1 heterocycles. The van der Waals surface area contributed by atoms with Crippen LogP contribution in [-0.4, -0.2) is 40.9 Å². The number of anilines is 1. The van der Waals surface area contributed by atoms with E-state index in [0.717, 1.165) is 37.3 Å². The molecule has 0 fully saturated rings. The van der Waals surface area contributed by atoms with Crippen LogP contribution in [0, 0.1) is 6.92 Å². The molecule has 0 aliphatic heterocycles. The monoisotopic (exact) mass is 340 g/mol. The Hall–Kier alpha value is -2.43. The number of aryl methyl sites for hydroxylation is 1. The largest absolute Gasteiger partial charge is 0.357 e. The number of rotatable bonds is 8. The van der Waals surface area contributed by atoms with Gasteiger partial charge in [-0.3, -0.25) is 4.79 Å². The fourth-order valence-electron chi connectivity index (χ4n) is 2.83. The molecule has 1 aromatic carbocycles. The van der Waals surface area contributed by atoms with Crippen LogP contribution in [0.3, 0.4) is 0 Å². The molecule has 2 rings (SSSR count). The number of hydrogen-bond donors (Lipinski definition) is 0. The molecule has 0 spiro atoms. The predicted molar refractivity (Wildman–Crippen MR) is 102 cm³/mol. The molecule has 5 nitrogen and oxygen atoms in total. The molecule has 0 aliphatic rings. The van der Waals surface area contributed by atoms with E-state index in [1.54, 1.807) is 4.90 Å². The van der Waals surface area contributed by atoms with E-state index in [1.807, 2.05) is 50.4 Å². The van der Waals surface area contributed by atoms with Crippen LogP contribution in [-0.2, 0) is 6.54 Å². The minimum Gasteiger partial charge on any atom is -0.357 e. The Bertz CT molecular complexity index is 681. The third kappa shape index (κ3) is 5.28. The van der Waals surface area contributed by atoms with E-state index in [2.05, 4.69) is 28.7 Å². The van der Waals surface area contributed by atoms with Crippen molar-refractivity contribution in [2.24, 2.45) is 0 Å². The number of carbonyl (C=O) groups excluding carboxylic acids is 1. The fraction of sp³-hybridized carbons (Fsp3) is 0.450. The summed E-state index contributed by atoms with van der Waals surface area (Å²) in [6, 6.07) is 11.8. The zero-order valence-electron chi connectivity index (χ0n) is 15.7. The van der Waals surface area contributed by atoms with Crippen LogP contribution in [0.5, 0.6) is 0 Å². The molecule has 2 aromatic rings. The normalized spacial score (nSPS) is 10.6. The highest BCUT2D eigenvalue weighted by Crippen LogP contribution is 2.16. The quantitative estimate of drug-likeness (QED) is 0.735. The van der Waals surface area contributed by atoms with Crippen LogP contribution in [0.4, 0.5) is 5.82 Å². The zero-order chi connectivity index (χ0) is 18.2. The molecule has 0 aliphatic carbocycles. The highest BCUT2D eigenvalue weighted by molar-refractivity contribution is 5.92. The Balaban J connectivity index is 2.21. The molecule has 1 aromatic heterocycles. The van der Waals surface area contributed by atoms with Gasteiger partial charge in [0.05, 0.1) is 0 Å². The van der Waals surface area contributed by atoms with Crippen molar-refractivity contribution in [3.05, 3.63) is 53.5 Å². The van der Waals surface area contributed by atoms with E-state index >= 15 is 0 Å².